The number of hydrogen-bond acceptors (Lipinski definition) is 3. The van der Waals surface area contributed by atoms with Crippen molar-refractivity contribution < 1.29 is 9.53 Å². The Balaban J connectivity index is 1.85. The van der Waals surface area contributed by atoms with Crippen molar-refractivity contribution in [2.24, 2.45) is 5.92 Å². The van der Waals surface area contributed by atoms with E-state index in [2.05, 4.69) is 24.4 Å². The standard InChI is InChI=1S/C21H33ClN2O2/c1-5-6-17-15-24(20(25)26-21(2,3)4)14-12-19(17)23-13-11-16-7-9-18(22)10-8-16/h7-10,17,19,23H,5-6,11-15H2,1-4H3. The third-order valence-corrected chi connectivity index (χ3v) is 5.03. The number of ether oxygens (including phenoxy) is 1. The Morgan fingerprint density at radius 1 is 1.31 bits per heavy atom. The van der Waals surface area contributed by atoms with Gasteiger partial charge in [-0.15, -0.1) is 0 Å². The largest absolute Gasteiger partial charge is 0.444 e. The highest BCUT2D eigenvalue weighted by atomic mass is 35.5. The maximum absolute atomic E-state index is 12.4. The summed E-state index contributed by atoms with van der Waals surface area (Å²) < 4.78 is 5.54. The molecule has 1 aliphatic heterocycles. The van der Waals surface area contributed by atoms with Crippen molar-refractivity contribution in [1.82, 2.24) is 10.2 Å². The smallest absolute Gasteiger partial charge is 0.410 e. The van der Waals surface area contributed by atoms with Crippen LogP contribution in [0.5, 0.6) is 0 Å². The maximum atomic E-state index is 12.4. The molecule has 1 aromatic carbocycles. The first-order valence-electron chi connectivity index (χ1n) is 9.74. The summed E-state index contributed by atoms with van der Waals surface area (Å²) >= 11 is 5.94. The van der Waals surface area contributed by atoms with Gasteiger partial charge in [0.25, 0.3) is 0 Å². The average Bonchev–Trinajstić information content (AvgIpc) is 2.56. The Hall–Kier alpha value is -1.26. The van der Waals surface area contributed by atoms with Crippen LogP contribution in [-0.4, -0.2) is 42.3 Å². The lowest BCUT2D eigenvalue weighted by Crippen LogP contribution is -2.52. The van der Waals surface area contributed by atoms with E-state index < -0.39 is 5.60 Å². The van der Waals surface area contributed by atoms with Gasteiger partial charge in [-0.25, -0.2) is 4.79 Å². The normalized spacial score (nSPS) is 20.9. The fourth-order valence-electron chi connectivity index (χ4n) is 3.51. The summed E-state index contributed by atoms with van der Waals surface area (Å²) in [4.78, 5) is 14.2. The third-order valence-electron chi connectivity index (χ3n) is 4.78. The molecule has 0 bridgehead atoms. The molecular weight excluding hydrogens is 348 g/mol. The average molecular weight is 381 g/mol. The van der Waals surface area contributed by atoms with Gasteiger partial charge in [-0.1, -0.05) is 37.1 Å². The summed E-state index contributed by atoms with van der Waals surface area (Å²) in [5.41, 5.74) is 0.852. The van der Waals surface area contributed by atoms with Crippen LogP contribution in [0.2, 0.25) is 5.02 Å². The minimum absolute atomic E-state index is 0.182. The van der Waals surface area contributed by atoms with Crippen LogP contribution in [0, 0.1) is 5.92 Å². The van der Waals surface area contributed by atoms with Crippen LogP contribution in [-0.2, 0) is 11.2 Å². The Kier molecular flexibility index (Phi) is 7.78. The lowest BCUT2D eigenvalue weighted by atomic mass is 9.88. The van der Waals surface area contributed by atoms with Gasteiger partial charge in [0.05, 0.1) is 0 Å². The van der Waals surface area contributed by atoms with E-state index >= 15 is 0 Å². The van der Waals surface area contributed by atoms with Gasteiger partial charge >= 0.3 is 6.09 Å². The first kappa shape index (κ1) is 21.0. The zero-order valence-corrected chi connectivity index (χ0v) is 17.3. The Morgan fingerprint density at radius 3 is 2.62 bits per heavy atom. The van der Waals surface area contributed by atoms with Crippen LogP contribution in [0.25, 0.3) is 0 Å². The zero-order valence-electron chi connectivity index (χ0n) is 16.6. The predicted octanol–water partition coefficient (Wildman–Crippen LogP) is 4.90. The van der Waals surface area contributed by atoms with Crippen molar-refractivity contribution >= 4 is 17.7 Å². The SMILES string of the molecule is CCCC1CN(C(=O)OC(C)(C)C)CCC1NCCc1ccc(Cl)cc1. The molecule has 146 valence electrons. The lowest BCUT2D eigenvalue weighted by Gasteiger charge is -2.39. The number of likely N-dealkylation sites (tertiary alicyclic amines) is 1. The molecule has 0 aromatic heterocycles. The van der Waals surface area contributed by atoms with E-state index in [-0.39, 0.29) is 6.09 Å². The molecule has 0 aliphatic carbocycles. The van der Waals surface area contributed by atoms with Crippen molar-refractivity contribution in [1.29, 1.82) is 0 Å². The summed E-state index contributed by atoms with van der Waals surface area (Å²) in [5, 5.41) is 4.49. The van der Waals surface area contributed by atoms with Crippen LogP contribution in [0.4, 0.5) is 4.79 Å². The monoisotopic (exact) mass is 380 g/mol. The molecule has 5 heteroatoms. The highest BCUT2D eigenvalue weighted by Gasteiger charge is 2.32. The second-order valence-corrected chi connectivity index (χ2v) is 8.64. The molecule has 2 rings (SSSR count). The summed E-state index contributed by atoms with van der Waals surface area (Å²) in [6, 6.07) is 8.50. The molecule has 1 heterocycles. The van der Waals surface area contributed by atoms with E-state index in [0.29, 0.717) is 12.0 Å². The van der Waals surface area contributed by atoms with Gasteiger partial charge in [-0.3, -0.25) is 0 Å². The highest BCUT2D eigenvalue weighted by molar-refractivity contribution is 6.30. The number of piperidine rings is 1. The van der Waals surface area contributed by atoms with Gasteiger partial charge in [0.1, 0.15) is 5.60 Å². The number of benzene rings is 1. The molecular formula is C21H33ClN2O2. The molecule has 4 nitrogen and oxygen atoms in total. The molecule has 26 heavy (non-hydrogen) atoms. The molecule has 1 aliphatic rings. The lowest BCUT2D eigenvalue weighted by molar-refractivity contribution is 0.0126. The first-order valence-corrected chi connectivity index (χ1v) is 10.1. The van der Waals surface area contributed by atoms with Crippen LogP contribution in [0.3, 0.4) is 0 Å². The van der Waals surface area contributed by atoms with Gasteiger partial charge in [0, 0.05) is 24.2 Å². The van der Waals surface area contributed by atoms with Crippen LogP contribution in [0.15, 0.2) is 24.3 Å². The topological polar surface area (TPSA) is 41.6 Å². The number of halogens is 1. The second-order valence-electron chi connectivity index (χ2n) is 8.20. The van der Waals surface area contributed by atoms with Crippen LogP contribution >= 0.6 is 11.6 Å². The fraction of sp³-hybridized carbons (Fsp3) is 0.667. The number of nitrogens with one attached hydrogen (secondary N) is 1. The summed E-state index contributed by atoms with van der Waals surface area (Å²) in [7, 11) is 0. The summed E-state index contributed by atoms with van der Waals surface area (Å²) in [5.74, 6) is 0.478. The van der Waals surface area contributed by atoms with E-state index in [9.17, 15) is 4.79 Å². The van der Waals surface area contributed by atoms with Gasteiger partial charge in [0.2, 0.25) is 0 Å². The van der Waals surface area contributed by atoms with Crippen molar-refractivity contribution in [2.45, 2.75) is 65.0 Å². The Labute approximate surface area is 163 Å². The Bertz CT molecular complexity index is 568. The predicted molar refractivity (Wildman–Crippen MR) is 108 cm³/mol. The molecule has 1 saturated heterocycles. The van der Waals surface area contributed by atoms with Crippen LogP contribution < -0.4 is 5.32 Å². The van der Waals surface area contributed by atoms with Gasteiger partial charge in [-0.05, 0) is 70.2 Å². The molecule has 1 aromatic rings. The molecule has 0 spiro atoms. The van der Waals surface area contributed by atoms with E-state index in [1.807, 2.05) is 37.8 Å². The molecule has 2 unspecified atom stereocenters. The molecule has 0 saturated carbocycles. The van der Waals surface area contributed by atoms with Gasteiger partial charge in [0.15, 0.2) is 0 Å². The fourth-order valence-corrected chi connectivity index (χ4v) is 3.64. The Morgan fingerprint density at radius 2 is 2.00 bits per heavy atom. The molecule has 1 fully saturated rings. The van der Waals surface area contributed by atoms with Gasteiger partial charge in [-0.2, -0.15) is 0 Å². The van der Waals surface area contributed by atoms with Crippen LogP contribution in [0.1, 0.15) is 52.5 Å². The number of hydrogen-bond donors (Lipinski definition) is 1. The number of rotatable bonds is 6. The van der Waals surface area contributed by atoms with E-state index in [0.717, 1.165) is 50.3 Å². The molecule has 1 N–H and O–H groups in total. The van der Waals surface area contributed by atoms with Crippen molar-refractivity contribution in [3.05, 3.63) is 34.9 Å². The molecule has 0 radical (unpaired) electrons. The zero-order chi connectivity index (χ0) is 19.2. The maximum Gasteiger partial charge on any atom is 0.410 e. The quantitative estimate of drug-likeness (QED) is 0.763. The first-order chi connectivity index (χ1) is 12.3. The molecule has 1 amide bonds. The highest BCUT2D eigenvalue weighted by Crippen LogP contribution is 2.23. The number of carbonyl (C=O) groups excluding carboxylic acids is 1. The number of amides is 1. The second kappa shape index (κ2) is 9.61. The molecule has 2 atom stereocenters. The van der Waals surface area contributed by atoms with Crippen molar-refractivity contribution in [2.75, 3.05) is 19.6 Å². The van der Waals surface area contributed by atoms with Crippen molar-refractivity contribution in [3.8, 4) is 0 Å². The third kappa shape index (κ3) is 6.81. The summed E-state index contributed by atoms with van der Waals surface area (Å²) in [6.07, 6.45) is 4.03. The number of carbonyl (C=O) groups is 1. The summed E-state index contributed by atoms with van der Waals surface area (Å²) in [6.45, 7) is 10.4. The minimum Gasteiger partial charge on any atom is -0.444 e. The van der Waals surface area contributed by atoms with Gasteiger partial charge < -0.3 is 15.0 Å². The minimum atomic E-state index is -0.439. The number of nitrogens with zero attached hydrogens (tertiary/aromatic N) is 1. The van der Waals surface area contributed by atoms with E-state index in [1.54, 1.807) is 0 Å². The van der Waals surface area contributed by atoms with E-state index in [1.165, 1.54) is 5.56 Å². The van der Waals surface area contributed by atoms with Crippen molar-refractivity contribution in [3.63, 3.8) is 0 Å². The van der Waals surface area contributed by atoms with E-state index in [4.69, 9.17) is 16.3 Å².